The van der Waals surface area contributed by atoms with Crippen LogP contribution in [0.2, 0.25) is 0 Å². The molecule has 0 aromatic heterocycles. The number of hydrogen-bond donors (Lipinski definition) is 2. The number of rotatable bonds is 3. The zero-order valence-electron chi connectivity index (χ0n) is 12.6. The van der Waals surface area contributed by atoms with Crippen molar-refractivity contribution < 1.29 is 9.90 Å². The third-order valence-corrected chi connectivity index (χ3v) is 5.36. The van der Waals surface area contributed by atoms with Crippen molar-refractivity contribution >= 4 is 34.1 Å². The number of carbonyl (C=O) groups excluding carboxylic acids is 1. The van der Waals surface area contributed by atoms with Crippen molar-refractivity contribution in [1.29, 1.82) is 0 Å². The van der Waals surface area contributed by atoms with Crippen LogP contribution in [0.25, 0.3) is 5.57 Å². The second-order valence-electron chi connectivity index (χ2n) is 6.26. The molecule has 1 aliphatic carbocycles. The molecular formula is C17H20INO2. The van der Waals surface area contributed by atoms with Gasteiger partial charge in [0.05, 0.1) is 11.1 Å². The minimum atomic E-state index is -0.577. The van der Waals surface area contributed by atoms with Crippen molar-refractivity contribution in [1.82, 2.24) is 5.32 Å². The minimum Gasteiger partial charge on any atom is -0.509 e. The predicted octanol–water partition coefficient (Wildman–Crippen LogP) is 3.73. The highest BCUT2D eigenvalue weighted by atomic mass is 127. The Kier molecular flexibility index (Phi) is 3.55. The van der Waals surface area contributed by atoms with Crippen LogP contribution in [0.4, 0.5) is 0 Å². The molecule has 2 aliphatic rings. The molecule has 1 aromatic rings. The lowest BCUT2D eigenvalue weighted by molar-refractivity contribution is -0.116. The number of hydrogen-bond acceptors (Lipinski definition) is 2. The maximum atomic E-state index is 12.5. The molecule has 1 aromatic carbocycles. The van der Waals surface area contributed by atoms with Gasteiger partial charge in [-0.3, -0.25) is 4.79 Å². The summed E-state index contributed by atoms with van der Waals surface area (Å²) in [6, 6.07) is 4.17. The molecule has 1 atom stereocenters. The van der Waals surface area contributed by atoms with Crippen LogP contribution in [0, 0.1) is 16.4 Å². The summed E-state index contributed by atoms with van der Waals surface area (Å²) >= 11 is 2.29. The van der Waals surface area contributed by atoms with Crippen molar-refractivity contribution in [2.75, 3.05) is 0 Å². The van der Waals surface area contributed by atoms with Crippen LogP contribution in [0.15, 0.2) is 17.9 Å². The van der Waals surface area contributed by atoms with E-state index in [4.69, 9.17) is 0 Å². The summed E-state index contributed by atoms with van der Waals surface area (Å²) in [7, 11) is 0. The molecule has 1 heterocycles. The molecule has 3 nitrogen and oxygen atoms in total. The summed E-state index contributed by atoms with van der Waals surface area (Å²) in [6.07, 6.45) is 2.98. The molecule has 2 N–H and O–H groups in total. The Balaban J connectivity index is 2.20. The fourth-order valence-corrected chi connectivity index (χ4v) is 4.20. The number of nitrogens with one attached hydrogen (secondary N) is 1. The first-order chi connectivity index (χ1) is 9.88. The number of amides is 1. The van der Waals surface area contributed by atoms with Crippen molar-refractivity contribution in [2.24, 2.45) is 5.92 Å². The van der Waals surface area contributed by atoms with E-state index in [0.717, 1.165) is 39.5 Å². The first kappa shape index (κ1) is 14.9. The highest BCUT2D eigenvalue weighted by Crippen LogP contribution is 2.48. The summed E-state index contributed by atoms with van der Waals surface area (Å²) in [5, 5.41) is 13.8. The molecule has 3 rings (SSSR count). The SMILES string of the molecule is CCc1cc(I)cc(C)c1C1=C(O)C(C)(C2CC2)NC1=O. The first-order valence-corrected chi connectivity index (χ1v) is 8.52. The fraction of sp³-hybridized carbons (Fsp3) is 0.471. The van der Waals surface area contributed by atoms with Gasteiger partial charge in [0.1, 0.15) is 5.76 Å². The van der Waals surface area contributed by atoms with Crippen molar-refractivity contribution in [2.45, 2.75) is 45.6 Å². The number of aliphatic hydroxyl groups excluding tert-OH is 1. The standard InChI is InChI=1S/C17H20INO2/c1-4-10-8-12(18)7-9(2)13(10)14-15(20)17(3,11-5-6-11)19-16(14)21/h7-8,11,20H,4-6H2,1-3H3,(H,19,21). The minimum absolute atomic E-state index is 0.138. The molecule has 1 unspecified atom stereocenters. The molecular weight excluding hydrogens is 377 g/mol. The third-order valence-electron chi connectivity index (χ3n) is 4.74. The van der Waals surface area contributed by atoms with Gasteiger partial charge < -0.3 is 10.4 Å². The van der Waals surface area contributed by atoms with Crippen LogP contribution in [0.5, 0.6) is 0 Å². The van der Waals surface area contributed by atoms with Gasteiger partial charge in [-0.2, -0.15) is 0 Å². The Morgan fingerprint density at radius 3 is 2.67 bits per heavy atom. The van der Waals surface area contributed by atoms with E-state index in [1.165, 1.54) is 0 Å². The average molecular weight is 397 g/mol. The Morgan fingerprint density at radius 1 is 1.43 bits per heavy atom. The normalized spacial score (nSPS) is 25.4. The second kappa shape index (κ2) is 5.00. The van der Waals surface area contributed by atoms with Gasteiger partial charge in [-0.1, -0.05) is 6.92 Å². The molecule has 1 amide bonds. The summed E-state index contributed by atoms with van der Waals surface area (Å²) < 4.78 is 1.16. The van der Waals surface area contributed by atoms with Gasteiger partial charge in [0.15, 0.2) is 0 Å². The van der Waals surface area contributed by atoms with Crippen LogP contribution in [0.3, 0.4) is 0 Å². The van der Waals surface area contributed by atoms with Crippen molar-refractivity contribution in [3.8, 4) is 0 Å². The number of carbonyl (C=O) groups is 1. The maximum absolute atomic E-state index is 12.5. The molecule has 21 heavy (non-hydrogen) atoms. The molecule has 1 aliphatic heterocycles. The van der Waals surface area contributed by atoms with Crippen LogP contribution < -0.4 is 5.32 Å². The highest BCUT2D eigenvalue weighted by Gasteiger charge is 2.52. The molecule has 1 fully saturated rings. The lowest BCUT2D eigenvalue weighted by Gasteiger charge is -2.24. The molecule has 0 saturated heterocycles. The van der Waals surface area contributed by atoms with E-state index in [-0.39, 0.29) is 11.7 Å². The zero-order valence-corrected chi connectivity index (χ0v) is 14.7. The highest BCUT2D eigenvalue weighted by molar-refractivity contribution is 14.1. The summed E-state index contributed by atoms with van der Waals surface area (Å²) in [6.45, 7) is 6.04. The van der Waals surface area contributed by atoms with Crippen LogP contribution >= 0.6 is 22.6 Å². The van der Waals surface area contributed by atoms with E-state index in [2.05, 4.69) is 47.0 Å². The molecule has 1 saturated carbocycles. The Morgan fingerprint density at radius 2 is 2.10 bits per heavy atom. The molecule has 0 spiro atoms. The van der Waals surface area contributed by atoms with Crippen molar-refractivity contribution in [3.05, 3.63) is 38.2 Å². The van der Waals surface area contributed by atoms with Gasteiger partial charge in [-0.25, -0.2) is 0 Å². The third kappa shape index (κ3) is 2.28. The summed E-state index contributed by atoms with van der Waals surface area (Å²) in [5.74, 6) is 0.461. The van der Waals surface area contributed by atoms with Crippen LogP contribution in [-0.4, -0.2) is 16.6 Å². The van der Waals surface area contributed by atoms with Gasteiger partial charge in [0, 0.05) is 3.57 Å². The van der Waals surface area contributed by atoms with Crippen LogP contribution in [-0.2, 0) is 11.2 Å². The number of benzene rings is 1. The van der Waals surface area contributed by atoms with E-state index in [1.807, 2.05) is 13.8 Å². The van der Waals surface area contributed by atoms with Gasteiger partial charge in [-0.15, -0.1) is 0 Å². The first-order valence-electron chi connectivity index (χ1n) is 7.44. The van der Waals surface area contributed by atoms with Gasteiger partial charge in [-0.05, 0) is 90.4 Å². The van der Waals surface area contributed by atoms with Crippen LogP contribution in [0.1, 0.15) is 43.4 Å². The van der Waals surface area contributed by atoms with E-state index in [1.54, 1.807) is 0 Å². The Hall–Kier alpha value is -1.04. The average Bonchev–Trinajstić information content (AvgIpc) is 3.22. The lowest BCUT2D eigenvalue weighted by Crippen LogP contribution is -2.43. The smallest absolute Gasteiger partial charge is 0.256 e. The Labute approximate surface area is 139 Å². The lowest BCUT2D eigenvalue weighted by atomic mass is 9.89. The molecule has 4 heteroatoms. The van der Waals surface area contributed by atoms with Gasteiger partial charge in [0.25, 0.3) is 5.91 Å². The zero-order chi connectivity index (χ0) is 15.4. The van der Waals surface area contributed by atoms with Gasteiger partial charge >= 0.3 is 0 Å². The Bertz CT molecular complexity index is 661. The molecule has 112 valence electrons. The maximum Gasteiger partial charge on any atom is 0.256 e. The summed E-state index contributed by atoms with van der Waals surface area (Å²) in [5.41, 5.74) is 2.99. The van der Waals surface area contributed by atoms with E-state index in [9.17, 15) is 9.90 Å². The number of aliphatic hydroxyl groups is 1. The topological polar surface area (TPSA) is 49.3 Å². The second-order valence-corrected chi connectivity index (χ2v) is 7.51. The summed E-state index contributed by atoms with van der Waals surface area (Å²) in [4.78, 5) is 12.5. The monoisotopic (exact) mass is 397 g/mol. The quantitative estimate of drug-likeness (QED) is 0.764. The molecule has 0 bridgehead atoms. The fourth-order valence-electron chi connectivity index (χ4n) is 3.36. The largest absolute Gasteiger partial charge is 0.509 e. The van der Waals surface area contributed by atoms with E-state index >= 15 is 0 Å². The number of halogens is 1. The predicted molar refractivity (Wildman–Crippen MR) is 92.1 cm³/mol. The van der Waals surface area contributed by atoms with Gasteiger partial charge in [0.2, 0.25) is 0 Å². The molecule has 0 radical (unpaired) electrons. The van der Waals surface area contributed by atoms with Crippen molar-refractivity contribution in [3.63, 3.8) is 0 Å². The van der Waals surface area contributed by atoms with E-state index in [0.29, 0.717) is 11.5 Å². The van der Waals surface area contributed by atoms with E-state index < -0.39 is 5.54 Å². The number of aryl methyl sites for hydroxylation is 2.